The van der Waals surface area contributed by atoms with Crippen LogP contribution in [0.4, 0.5) is 5.95 Å². The van der Waals surface area contributed by atoms with Crippen LogP contribution in [-0.2, 0) is 20.6 Å². The van der Waals surface area contributed by atoms with E-state index < -0.39 is 11.2 Å². The van der Waals surface area contributed by atoms with E-state index in [0.29, 0.717) is 23.7 Å². The second-order valence-electron chi connectivity index (χ2n) is 5.08. The van der Waals surface area contributed by atoms with Crippen LogP contribution in [0.2, 0.25) is 0 Å². The third kappa shape index (κ3) is 2.76. The zero-order valence-corrected chi connectivity index (χ0v) is 13.6. The van der Waals surface area contributed by atoms with Crippen LogP contribution in [0.5, 0.6) is 0 Å². The topological polar surface area (TPSA) is 94.1 Å². The van der Waals surface area contributed by atoms with Crippen LogP contribution in [0.3, 0.4) is 0 Å². The molecular weight excluding hydrogens is 310 g/mol. The summed E-state index contributed by atoms with van der Waals surface area (Å²) in [5.41, 5.74) is -0.228. The van der Waals surface area contributed by atoms with E-state index >= 15 is 0 Å². The molecule has 0 radical (unpaired) electrons. The fourth-order valence-corrected chi connectivity index (χ4v) is 2.39. The SMILES string of the molecule is CCC(Cl)Cn1c(NCCO)nc2c1c(=O)n(C)c(=O)n2C. The number of alkyl halides is 1. The summed E-state index contributed by atoms with van der Waals surface area (Å²) in [5, 5.41) is 11.8. The number of hydrogen-bond donors (Lipinski definition) is 2. The Bertz CT molecular complexity index is 792. The lowest BCUT2D eigenvalue weighted by Crippen LogP contribution is -2.37. The molecule has 0 bridgehead atoms. The van der Waals surface area contributed by atoms with Crippen molar-refractivity contribution in [3.8, 4) is 0 Å². The smallest absolute Gasteiger partial charge is 0.332 e. The van der Waals surface area contributed by atoms with E-state index in [-0.39, 0.29) is 18.5 Å². The number of imidazole rings is 1. The van der Waals surface area contributed by atoms with Gasteiger partial charge in [-0.05, 0) is 6.42 Å². The van der Waals surface area contributed by atoms with Crippen LogP contribution in [0.25, 0.3) is 11.2 Å². The number of hydrogen-bond acceptors (Lipinski definition) is 5. The van der Waals surface area contributed by atoms with Gasteiger partial charge in [-0.1, -0.05) is 6.92 Å². The number of fused-ring (bicyclic) bond motifs is 1. The van der Waals surface area contributed by atoms with Crippen molar-refractivity contribution in [2.75, 3.05) is 18.5 Å². The molecule has 2 heterocycles. The van der Waals surface area contributed by atoms with Crippen molar-refractivity contribution in [1.82, 2.24) is 18.7 Å². The van der Waals surface area contributed by atoms with Crippen molar-refractivity contribution < 1.29 is 5.11 Å². The number of aryl methyl sites for hydroxylation is 1. The molecule has 122 valence electrons. The fraction of sp³-hybridized carbons (Fsp3) is 0.615. The molecule has 0 spiro atoms. The Morgan fingerprint density at radius 3 is 2.59 bits per heavy atom. The minimum absolute atomic E-state index is 0.0712. The number of aromatic nitrogens is 4. The molecule has 0 saturated heterocycles. The molecule has 0 aliphatic carbocycles. The van der Waals surface area contributed by atoms with Gasteiger partial charge in [0, 0.05) is 27.2 Å². The van der Waals surface area contributed by atoms with Crippen molar-refractivity contribution in [2.45, 2.75) is 25.3 Å². The molecule has 2 N–H and O–H groups in total. The van der Waals surface area contributed by atoms with Crippen LogP contribution >= 0.6 is 11.6 Å². The number of nitrogens with one attached hydrogen (secondary N) is 1. The molecule has 2 aromatic heterocycles. The summed E-state index contributed by atoms with van der Waals surface area (Å²) in [4.78, 5) is 28.8. The van der Waals surface area contributed by atoms with Gasteiger partial charge in [0.05, 0.1) is 12.0 Å². The van der Waals surface area contributed by atoms with E-state index in [9.17, 15) is 9.59 Å². The molecular formula is C13H20ClN5O3. The van der Waals surface area contributed by atoms with Gasteiger partial charge in [-0.15, -0.1) is 11.6 Å². The Hall–Kier alpha value is -1.80. The first-order chi connectivity index (χ1) is 10.4. The van der Waals surface area contributed by atoms with Crippen LogP contribution in [0, 0.1) is 0 Å². The Kier molecular flexibility index (Phi) is 4.92. The van der Waals surface area contributed by atoms with Gasteiger partial charge < -0.3 is 15.0 Å². The van der Waals surface area contributed by atoms with Gasteiger partial charge in [-0.2, -0.15) is 4.98 Å². The van der Waals surface area contributed by atoms with Crippen molar-refractivity contribution in [1.29, 1.82) is 0 Å². The van der Waals surface area contributed by atoms with Gasteiger partial charge in [0.1, 0.15) is 0 Å². The van der Waals surface area contributed by atoms with Crippen molar-refractivity contribution in [3.05, 3.63) is 20.8 Å². The van der Waals surface area contributed by atoms with Gasteiger partial charge in [-0.25, -0.2) is 4.79 Å². The molecule has 2 aromatic rings. The lowest BCUT2D eigenvalue weighted by atomic mass is 10.3. The quantitative estimate of drug-likeness (QED) is 0.719. The van der Waals surface area contributed by atoms with Crippen LogP contribution < -0.4 is 16.6 Å². The van der Waals surface area contributed by atoms with Crippen LogP contribution in [0.1, 0.15) is 13.3 Å². The number of rotatable bonds is 6. The highest BCUT2D eigenvalue weighted by Gasteiger charge is 2.20. The molecule has 8 nitrogen and oxygen atoms in total. The van der Waals surface area contributed by atoms with Gasteiger partial charge in [0.2, 0.25) is 5.95 Å². The minimum Gasteiger partial charge on any atom is -0.395 e. The minimum atomic E-state index is -0.436. The highest BCUT2D eigenvalue weighted by atomic mass is 35.5. The Balaban J connectivity index is 2.75. The third-order valence-corrected chi connectivity index (χ3v) is 4.01. The molecule has 1 unspecified atom stereocenters. The summed E-state index contributed by atoms with van der Waals surface area (Å²) < 4.78 is 4.05. The second kappa shape index (κ2) is 6.53. The van der Waals surface area contributed by atoms with Gasteiger partial charge in [0.15, 0.2) is 11.2 Å². The summed E-state index contributed by atoms with van der Waals surface area (Å²) in [6.45, 7) is 2.55. The van der Waals surface area contributed by atoms with Crippen LogP contribution in [0.15, 0.2) is 9.59 Å². The monoisotopic (exact) mass is 329 g/mol. The van der Waals surface area contributed by atoms with Crippen molar-refractivity contribution in [2.24, 2.45) is 14.1 Å². The number of nitrogens with zero attached hydrogens (tertiary/aromatic N) is 4. The van der Waals surface area contributed by atoms with E-state index in [1.54, 1.807) is 11.6 Å². The van der Waals surface area contributed by atoms with Gasteiger partial charge >= 0.3 is 5.69 Å². The Labute approximate surface area is 132 Å². The maximum Gasteiger partial charge on any atom is 0.332 e. The van der Waals surface area contributed by atoms with Crippen molar-refractivity contribution >= 4 is 28.7 Å². The number of halogens is 1. The maximum atomic E-state index is 12.4. The first-order valence-corrected chi connectivity index (χ1v) is 7.51. The van der Waals surface area contributed by atoms with E-state index in [4.69, 9.17) is 16.7 Å². The summed E-state index contributed by atoms with van der Waals surface area (Å²) >= 11 is 6.22. The first-order valence-electron chi connectivity index (χ1n) is 7.07. The summed E-state index contributed by atoms with van der Waals surface area (Å²) in [5.74, 6) is 0.418. The van der Waals surface area contributed by atoms with E-state index in [0.717, 1.165) is 11.0 Å². The molecule has 2 rings (SSSR count). The largest absolute Gasteiger partial charge is 0.395 e. The molecule has 0 aliphatic rings. The Morgan fingerprint density at radius 2 is 2.00 bits per heavy atom. The predicted octanol–water partition coefficient (Wildman–Crippen LogP) is -0.145. The molecule has 1 atom stereocenters. The van der Waals surface area contributed by atoms with E-state index in [1.165, 1.54) is 11.6 Å². The average Bonchev–Trinajstić information content (AvgIpc) is 2.87. The third-order valence-electron chi connectivity index (χ3n) is 3.57. The summed E-state index contributed by atoms with van der Waals surface area (Å²) in [6, 6.07) is 0. The second-order valence-corrected chi connectivity index (χ2v) is 5.70. The lowest BCUT2D eigenvalue weighted by Gasteiger charge is -2.13. The lowest BCUT2D eigenvalue weighted by molar-refractivity contribution is 0.310. The van der Waals surface area contributed by atoms with Gasteiger partial charge in [-0.3, -0.25) is 13.9 Å². The fourth-order valence-electron chi connectivity index (χ4n) is 2.25. The first kappa shape index (κ1) is 16.6. The molecule has 0 aromatic carbocycles. The Morgan fingerprint density at radius 1 is 1.32 bits per heavy atom. The number of aliphatic hydroxyl groups is 1. The highest BCUT2D eigenvalue weighted by Crippen LogP contribution is 2.18. The molecule has 0 aliphatic heterocycles. The van der Waals surface area contributed by atoms with Crippen molar-refractivity contribution in [3.63, 3.8) is 0 Å². The summed E-state index contributed by atoms with van der Waals surface area (Å²) in [6.07, 6.45) is 0.729. The normalized spacial score (nSPS) is 12.8. The van der Waals surface area contributed by atoms with Gasteiger partial charge in [0.25, 0.3) is 5.56 Å². The molecule has 22 heavy (non-hydrogen) atoms. The van der Waals surface area contributed by atoms with Crippen LogP contribution in [-0.4, -0.2) is 42.3 Å². The standard InChI is InChI=1S/C13H20ClN5O3/c1-4-8(14)7-19-9-10(16-12(19)15-5-6-20)17(2)13(22)18(3)11(9)21/h8,20H,4-7H2,1-3H3,(H,15,16). The zero-order chi connectivity index (χ0) is 16.4. The molecule has 9 heteroatoms. The van der Waals surface area contributed by atoms with E-state index in [2.05, 4.69) is 10.3 Å². The average molecular weight is 330 g/mol. The number of anilines is 1. The maximum absolute atomic E-state index is 12.4. The summed E-state index contributed by atoms with van der Waals surface area (Å²) in [7, 11) is 3.00. The highest BCUT2D eigenvalue weighted by molar-refractivity contribution is 6.20. The molecule has 0 fully saturated rings. The zero-order valence-electron chi connectivity index (χ0n) is 12.8. The molecule has 0 amide bonds. The number of aliphatic hydroxyl groups excluding tert-OH is 1. The van der Waals surface area contributed by atoms with E-state index in [1.807, 2.05) is 6.92 Å². The molecule has 0 saturated carbocycles. The predicted molar refractivity (Wildman–Crippen MR) is 85.7 cm³/mol.